The topological polar surface area (TPSA) is 54.5 Å². The quantitative estimate of drug-likeness (QED) is 0.807. The predicted molar refractivity (Wildman–Crippen MR) is 53.7 cm³/mol. The second kappa shape index (κ2) is 4.54. The summed E-state index contributed by atoms with van der Waals surface area (Å²) in [6, 6.07) is 0. The molecule has 0 amide bonds. The van der Waals surface area contributed by atoms with Crippen molar-refractivity contribution in [3.63, 3.8) is 0 Å². The molecule has 0 bridgehead atoms. The van der Waals surface area contributed by atoms with E-state index in [9.17, 15) is 9.32 Å². The number of piperazine rings is 1. The molecule has 7 heteroatoms. The molecule has 0 aliphatic carbocycles. The van der Waals surface area contributed by atoms with Crippen molar-refractivity contribution in [1.29, 1.82) is 0 Å². The third-order valence-corrected chi connectivity index (χ3v) is 3.19. The van der Waals surface area contributed by atoms with Gasteiger partial charge in [-0.1, -0.05) is 11.3 Å². The van der Waals surface area contributed by atoms with Crippen LogP contribution in [0, 0.1) is 0 Å². The molecule has 15 heavy (non-hydrogen) atoms. The minimum Gasteiger partial charge on any atom is -0.346 e. The molecular weight excluding hydrogens is 221 g/mol. The van der Waals surface area contributed by atoms with Crippen molar-refractivity contribution < 1.29 is 14.3 Å². The van der Waals surface area contributed by atoms with Gasteiger partial charge < -0.3 is 10.2 Å². The third kappa shape index (κ3) is 2.24. The molecule has 0 spiro atoms. The van der Waals surface area contributed by atoms with E-state index in [-0.39, 0.29) is 4.88 Å². The number of rotatable bonds is 2. The minimum atomic E-state index is -0.978. The standard InChI is InChI=1S/C8H10FN3O2S/c9-14-7(13)6-5-11-8(15-6)12-3-1-10-2-4-12/h5,10H,1-4H2. The molecule has 0 unspecified atom stereocenters. The molecule has 0 atom stereocenters. The number of halogens is 1. The van der Waals surface area contributed by atoms with E-state index in [1.165, 1.54) is 6.20 Å². The maximum absolute atomic E-state index is 11.6. The van der Waals surface area contributed by atoms with Crippen LogP contribution in [-0.4, -0.2) is 37.1 Å². The Morgan fingerprint density at radius 1 is 1.60 bits per heavy atom. The zero-order valence-corrected chi connectivity index (χ0v) is 8.72. The zero-order valence-electron chi connectivity index (χ0n) is 7.90. The Hall–Kier alpha value is -1.21. The fourth-order valence-corrected chi connectivity index (χ4v) is 2.23. The summed E-state index contributed by atoms with van der Waals surface area (Å²) in [5, 5.41) is 3.94. The fourth-order valence-electron chi connectivity index (χ4n) is 1.40. The molecule has 5 nitrogen and oxygen atoms in total. The largest absolute Gasteiger partial charge is 0.391 e. The van der Waals surface area contributed by atoms with Crippen molar-refractivity contribution >= 4 is 22.4 Å². The van der Waals surface area contributed by atoms with E-state index in [0.29, 0.717) is 0 Å². The number of carbonyl (C=O) groups is 1. The van der Waals surface area contributed by atoms with Crippen LogP contribution in [0.2, 0.25) is 0 Å². The van der Waals surface area contributed by atoms with Gasteiger partial charge in [0, 0.05) is 30.7 Å². The Balaban J connectivity index is 2.08. The summed E-state index contributed by atoms with van der Waals surface area (Å²) < 4.78 is 11.6. The van der Waals surface area contributed by atoms with Gasteiger partial charge in [-0.15, -0.1) is 0 Å². The number of carbonyl (C=O) groups excluding carboxylic acids is 1. The lowest BCUT2D eigenvalue weighted by Gasteiger charge is -2.26. The highest BCUT2D eigenvalue weighted by atomic mass is 32.1. The Morgan fingerprint density at radius 2 is 2.33 bits per heavy atom. The van der Waals surface area contributed by atoms with Crippen molar-refractivity contribution in [2.75, 3.05) is 31.1 Å². The molecule has 1 aliphatic rings. The van der Waals surface area contributed by atoms with Crippen LogP contribution >= 0.6 is 11.3 Å². The van der Waals surface area contributed by atoms with E-state index in [0.717, 1.165) is 42.6 Å². The summed E-state index contributed by atoms with van der Waals surface area (Å²) in [5.41, 5.74) is 0. The van der Waals surface area contributed by atoms with Crippen LogP contribution in [-0.2, 0) is 4.94 Å². The molecule has 82 valence electrons. The monoisotopic (exact) mass is 231 g/mol. The molecule has 0 radical (unpaired) electrons. The van der Waals surface area contributed by atoms with E-state index in [1.54, 1.807) is 0 Å². The summed E-state index contributed by atoms with van der Waals surface area (Å²) in [7, 11) is 0. The Labute approximate surface area is 89.8 Å². The number of aromatic nitrogens is 1. The van der Waals surface area contributed by atoms with Crippen LogP contribution in [0.1, 0.15) is 9.67 Å². The average Bonchev–Trinajstić information content (AvgIpc) is 2.78. The lowest BCUT2D eigenvalue weighted by atomic mass is 10.4. The Bertz CT molecular complexity index is 351. The van der Waals surface area contributed by atoms with Gasteiger partial charge in [0.1, 0.15) is 4.88 Å². The summed E-state index contributed by atoms with van der Waals surface area (Å²) in [6.45, 7) is 3.47. The minimum absolute atomic E-state index is 0.186. The first kappa shape index (κ1) is 10.3. The van der Waals surface area contributed by atoms with Gasteiger partial charge >= 0.3 is 5.97 Å². The van der Waals surface area contributed by atoms with Gasteiger partial charge in [0.2, 0.25) is 0 Å². The van der Waals surface area contributed by atoms with Crippen molar-refractivity contribution in [2.45, 2.75) is 0 Å². The number of nitrogens with one attached hydrogen (secondary N) is 1. The van der Waals surface area contributed by atoms with Gasteiger partial charge in [0.05, 0.1) is 6.20 Å². The first-order valence-corrected chi connectivity index (χ1v) is 5.37. The molecule has 1 aromatic rings. The highest BCUT2D eigenvalue weighted by molar-refractivity contribution is 7.17. The molecule has 1 aromatic heterocycles. The van der Waals surface area contributed by atoms with Crippen LogP contribution in [0.5, 0.6) is 0 Å². The van der Waals surface area contributed by atoms with E-state index < -0.39 is 5.97 Å². The molecule has 0 aromatic carbocycles. The van der Waals surface area contributed by atoms with Crippen LogP contribution in [0.3, 0.4) is 0 Å². The molecule has 0 saturated carbocycles. The van der Waals surface area contributed by atoms with E-state index in [2.05, 4.69) is 20.1 Å². The smallest absolute Gasteiger partial charge is 0.346 e. The number of hydrogen-bond acceptors (Lipinski definition) is 6. The van der Waals surface area contributed by atoms with Crippen LogP contribution in [0.15, 0.2) is 6.20 Å². The first-order chi connectivity index (χ1) is 7.31. The fraction of sp³-hybridized carbons (Fsp3) is 0.500. The molecular formula is C8H10FN3O2S. The van der Waals surface area contributed by atoms with Crippen molar-refractivity contribution in [2.24, 2.45) is 0 Å². The summed E-state index contributed by atoms with van der Waals surface area (Å²) in [4.78, 5) is 20.3. The summed E-state index contributed by atoms with van der Waals surface area (Å²) in [5.74, 6) is -0.978. The maximum Gasteiger partial charge on any atom is 0.391 e. The van der Waals surface area contributed by atoms with Crippen molar-refractivity contribution in [3.8, 4) is 0 Å². The average molecular weight is 231 g/mol. The number of anilines is 1. The Morgan fingerprint density at radius 3 is 3.00 bits per heavy atom. The number of nitrogens with zero attached hydrogens (tertiary/aromatic N) is 2. The molecule has 1 fully saturated rings. The maximum atomic E-state index is 11.6. The van der Waals surface area contributed by atoms with Gasteiger partial charge in [0.25, 0.3) is 0 Å². The molecule has 1 saturated heterocycles. The number of thiazole rings is 1. The molecule has 1 aliphatic heterocycles. The van der Waals surface area contributed by atoms with Crippen LogP contribution < -0.4 is 10.2 Å². The normalized spacial score (nSPS) is 16.5. The number of hydrogen-bond donors (Lipinski definition) is 1. The van der Waals surface area contributed by atoms with Gasteiger partial charge in [0.15, 0.2) is 5.13 Å². The van der Waals surface area contributed by atoms with Crippen LogP contribution in [0.25, 0.3) is 0 Å². The molecule has 2 heterocycles. The van der Waals surface area contributed by atoms with E-state index in [1.807, 2.05) is 0 Å². The van der Waals surface area contributed by atoms with Crippen LogP contribution in [0.4, 0.5) is 9.66 Å². The second-order valence-corrected chi connectivity index (χ2v) is 4.12. The zero-order chi connectivity index (χ0) is 10.7. The highest BCUT2D eigenvalue weighted by Crippen LogP contribution is 2.23. The van der Waals surface area contributed by atoms with Crippen molar-refractivity contribution in [1.82, 2.24) is 10.3 Å². The lowest BCUT2D eigenvalue weighted by Crippen LogP contribution is -2.43. The van der Waals surface area contributed by atoms with Gasteiger partial charge in [-0.05, 0) is 0 Å². The predicted octanol–water partition coefficient (Wildman–Crippen LogP) is 0.594. The lowest BCUT2D eigenvalue weighted by molar-refractivity contribution is -0.0783. The van der Waals surface area contributed by atoms with Crippen molar-refractivity contribution in [3.05, 3.63) is 11.1 Å². The third-order valence-electron chi connectivity index (χ3n) is 2.15. The summed E-state index contributed by atoms with van der Waals surface area (Å²) >= 11 is 1.14. The van der Waals surface area contributed by atoms with Gasteiger partial charge in [-0.2, -0.15) is 0 Å². The molecule has 1 N–H and O–H groups in total. The van der Waals surface area contributed by atoms with E-state index >= 15 is 0 Å². The SMILES string of the molecule is O=C(OF)c1cnc(N2CCNCC2)s1. The first-order valence-electron chi connectivity index (χ1n) is 4.55. The molecule has 2 rings (SSSR count). The van der Waals surface area contributed by atoms with Gasteiger partial charge in [-0.3, -0.25) is 0 Å². The highest BCUT2D eigenvalue weighted by Gasteiger charge is 2.17. The Kier molecular flexibility index (Phi) is 3.12. The second-order valence-electron chi connectivity index (χ2n) is 3.11. The summed E-state index contributed by atoms with van der Waals surface area (Å²) in [6.07, 6.45) is 1.34. The van der Waals surface area contributed by atoms with E-state index in [4.69, 9.17) is 0 Å². The van der Waals surface area contributed by atoms with Gasteiger partial charge in [-0.25, -0.2) is 14.7 Å².